The minimum Gasteiger partial charge on any atom is -0.456 e. The average molecular weight is 1850 g/mol. The quantitative estimate of drug-likeness (QED) is 0.142. The van der Waals surface area contributed by atoms with E-state index in [1.54, 1.807) is 0 Å². The number of para-hydroxylation sites is 4. The fourth-order valence-corrected chi connectivity index (χ4v) is 29.2. The lowest BCUT2D eigenvalue weighted by atomic mass is 9.97. The van der Waals surface area contributed by atoms with Gasteiger partial charge in [-0.2, -0.15) is 0 Å². The predicted molar refractivity (Wildman–Crippen MR) is 600 cm³/mol. The lowest BCUT2D eigenvalue weighted by Crippen LogP contribution is -1.90. The van der Waals surface area contributed by atoms with Gasteiger partial charge in [0.25, 0.3) is 0 Å². The third-order valence-electron chi connectivity index (χ3n) is 30.2. The summed E-state index contributed by atoms with van der Waals surface area (Å²) in [6, 6.07) is 140. The zero-order valence-electron chi connectivity index (χ0n) is 74.3. The second-order valence-electron chi connectivity index (χ2n) is 37.4. The van der Waals surface area contributed by atoms with Crippen molar-refractivity contribution in [3.8, 4) is 0 Å². The first-order valence-electron chi connectivity index (χ1n) is 47.4. The molecule has 0 aliphatic carbocycles. The van der Waals surface area contributed by atoms with Gasteiger partial charge < -0.3 is 35.3 Å². The molecule has 648 valence electrons. The van der Waals surface area contributed by atoms with Gasteiger partial charge in [-0.3, -0.25) is 0 Å². The number of aromatic nitrogens is 4. The Morgan fingerprint density at radius 3 is 0.979 bits per heavy atom. The Morgan fingerprint density at radius 2 is 0.479 bits per heavy atom. The zero-order chi connectivity index (χ0) is 90.7. The van der Waals surface area contributed by atoms with Gasteiger partial charge in [-0.1, -0.05) is 291 Å². The molecule has 8 nitrogen and oxygen atoms in total. The third kappa shape index (κ3) is 10.3. The van der Waals surface area contributed by atoms with Crippen LogP contribution in [0.1, 0.15) is 0 Å². The normalized spacial score (nSPS) is 12.6. The van der Waals surface area contributed by atoms with Gasteiger partial charge in [0.2, 0.25) is 0 Å². The molecular formula is C128H68N4O4S4. The number of hydrogen-bond acceptors (Lipinski definition) is 8. The standard InChI is InChI=1S/4C32H17NOS/c1-2-8-19-18(7-1)17-33-24-15-16-26-28(22-10-3-5-11-25(22)34-26)30(24)29-23(31(19)33)14-13-21-20-9-4-6-12-27(20)35-32(21)29;1-2-8-19-18(7-1)17-33-29(19)24-16-14-23-21-10-4-6-12-27(21)35-32(23)28(24)25-15-13-22-20-9-3-5-11-26(20)34-31(22)30(25)33;1-2-8-19-18(7-1)17-33-25-16-27-23(20-9-3-5-11-26(20)34-27)15-24(25)30-22(32(19)33)13-14-29-31(30)21-10-4-6-12-28(21)35-29;1-2-8-19-18(7-1)17-33-26-16-28-24(20-9-3-5-11-27(20)34-28)15-25(26)30-23(31(19)33)14-13-22-21-10-4-6-12-29(21)35-32(22)30/h4*1-17H. The molecule has 0 radical (unpaired) electrons. The van der Waals surface area contributed by atoms with Crippen LogP contribution in [-0.4, -0.2) is 17.6 Å². The Labute approximate surface area is 807 Å². The molecule has 16 heterocycles. The zero-order valence-corrected chi connectivity index (χ0v) is 77.6. The van der Waals surface area contributed by atoms with Crippen molar-refractivity contribution in [1.82, 2.24) is 17.6 Å². The van der Waals surface area contributed by atoms with E-state index in [1.165, 1.54) is 254 Å². The highest BCUT2D eigenvalue weighted by atomic mass is 32.1. The summed E-state index contributed by atoms with van der Waals surface area (Å²) in [5, 5.41) is 45.6. The molecule has 0 atom stereocenters. The van der Waals surface area contributed by atoms with E-state index in [-0.39, 0.29) is 0 Å². The first kappa shape index (κ1) is 75.9. The average Bonchev–Trinajstić information content (AvgIpc) is 1.52. The van der Waals surface area contributed by atoms with Gasteiger partial charge in [0.05, 0.1) is 44.1 Å². The van der Waals surface area contributed by atoms with Crippen LogP contribution in [0.3, 0.4) is 0 Å². The van der Waals surface area contributed by atoms with E-state index >= 15 is 0 Å². The molecule has 0 unspecified atom stereocenters. The molecule has 0 amide bonds. The molecule has 140 heavy (non-hydrogen) atoms. The summed E-state index contributed by atoms with van der Waals surface area (Å²) in [7, 11) is 0. The van der Waals surface area contributed by atoms with Crippen LogP contribution >= 0.6 is 45.3 Å². The maximum absolute atomic E-state index is 6.57. The molecule has 20 aromatic carbocycles. The van der Waals surface area contributed by atoms with Crippen LogP contribution in [0.2, 0.25) is 0 Å². The lowest BCUT2D eigenvalue weighted by Gasteiger charge is -2.12. The molecule has 0 fully saturated rings. The van der Waals surface area contributed by atoms with Crippen molar-refractivity contribution < 1.29 is 17.7 Å². The topological polar surface area (TPSA) is 70.2 Å². The molecule has 0 saturated carbocycles. The van der Waals surface area contributed by atoms with Gasteiger partial charge in [-0.15, -0.1) is 45.3 Å². The summed E-state index contributed by atoms with van der Waals surface area (Å²) in [6.07, 6.45) is 9.11. The fourth-order valence-electron chi connectivity index (χ4n) is 24.3. The molecule has 12 heteroatoms. The van der Waals surface area contributed by atoms with Crippen LogP contribution in [0.4, 0.5) is 0 Å². The van der Waals surface area contributed by atoms with E-state index in [0.29, 0.717) is 0 Å². The number of thiophene rings is 4. The Bertz CT molecular complexity index is 12000. The second kappa shape index (κ2) is 28.2. The van der Waals surface area contributed by atoms with Crippen molar-refractivity contribution in [2.45, 2.75) is 0 Å². The summed E-state index contributed by atoms with van der Waals surface area (Å²) in [6.45, 7) is 0. The summed E-state index contributed by atoms with van der Waals surface area (Å²) < 4.78 is 45.8. The summed E-state index contributed by atoms with van der Waals surface area (Å²) in [5.41, 5.74) is 17.2. The first-order valence-corrected chi connectivity index (χ1v) is 50.7. The van der Waals surface area contributed by atoms with Crippen LogP contribution in [0.5, 0.6) is 0 Å². The van der Waals surface area contributed by atoms with E-state index in [9.17, 15) is 0 Å². The van der Waals surface area contributed by atoms with Gasteiger partial charge in [-0.25, -0.2) is 0 Å². The largest absolute Gasteiger partial charge is 0.456 e. The van der Waals surface area contributed by atoms with Gasteiger partial charge in [-0.05, 0) is 84.9 Å². The van der Waals surface area contributed by atoms with E-state index in [4.69, 9.17) is 17.7 Å². The second-order valence-corrected chi connectivity index (χ2v) is 41.6. The third-order valence-corrected chi connectivity index (χ3v) is 35.0. The molecular weight excluding hydrogens is 1790 g/mol. The molecule has 0 spiro atoms. The molecule has 0 saturated heterocycles. The number of rotatable bonds is 0. The van der Waals surface area contributed by atoms with E-state index in [0.717, 1.165) is 66.3 Å². The highest BCUT2D eigenvalue weighted by molar-refractivity contribution is 7.28. The lowest BCUT2D eigenvalue weighted by molar-refractivity contribution is 0.669. The Kier molecular flexibility index (Phi) is 15.3. The summed E-state index contributed by atoms with van der Waals surface area (Å²) in [5.74, 6) is 0. The summed E-state index contributed by atoms with van der Waals surface area (Å²) >= 11 is 7.57. The van der Waals surface area contributed by atoms with Crippen molar-refractivity contribution in [1.29, 1.82) is 0 Å². The fraction of sp³-hybridized carbons (Fsp3) is 0. The minimum absolute atomic E-state index is 0.930. The van der Waals surface area contributed by atoms with Gasteiger partial charge >= 0.3 is 0 Å². The Balaban J connectivity index is 0.0000000829. The van der Waals surface area contributed by atoms with Gasteiger partial charge in [0.1, 0.15) is 39.1 Å². The number of furan rings is 4. The van der Waals surface area contributed by atoms with Gasteiger partial charge in [0.15, 0.2) is 5.58 Å². The highest BCUT2D eigenvalue weighted by Crippen LogP contribution is 2.54. The molecule has 36 rings (SSSR count). The molecule has 16 aromatic heterocycles. The summed E-state index contributed by atoms with van der Waals surface area (Å²) in [4.78, 5) is 0. The van der Waals surface area contributed by atoms with Crippen molar-refractivity contribution in [3.63, 3.8) is 0 Å². The van der Waals surface area contributed by atoms with E-state index in [2.05, 4.69) is 406 Å². The van der Waals surface area contributed by atoms with Crippen LogP contribution in [0.15, 0.2) is 431 Å². The smallest absolute Gasteiger partial charge is 0.160 e. The number of hydrogen-bond donors (Lipinski definition) is 0. The highest BCUT2D eigenvalue weighted by Gasteiger charge is 2.28. The van der Waals surface area contributed by atoms with Crippen LogP contribution < -0.4 is 0 Å². The van der Waals surface area contributed by atoms with Crippen molar-refractivity contribution in [2.75, 3.05) is 0 Å². The van der Waals surface area contributed by atoms with Crippen molar-refractivity contribution >= 4 is 366 Å². The molecule has 0 aliphatic heterocycles. The number of fused-ring (bicyclic) bond motifs is 62. The van der Waals surface area contributed by atoms with Crippen molar-refractivity contribution in [2.24, 2.45) is 0 Å². The number of pyridine rings is 4. The molecule has 36 aromatic rings. The SMILES string of the molecule is c1ccc2c(c1)cn1c2c2ccc3c4ccccc4sc3c2c2ccc3c4ccccc4oc3c21.c1ccc2c(c1)cn1c3cc4oc5ccccc5c4cc3c3c(ccc4c5ccccc5sc43)c21.c1ccc2c(c1)cn1c3cc4oc5ccccc5c4cc3c3c(ccc4sc5ccccc5c43)c21.c1ccc2c(c1)cn1c3ccc4oc5ccccc5c4c3c3c(ccc4c5ccccc5sc43)c21. The molecule has 0 N–H and O–H groups in total. The maximum atomic E-state index is 6.57. The van der Waals surface area contributed by atoms with E-state index in [1.807, 2.05) is 69.6 Å². The van der Waals surface area contributed by atoms with Gasteiger partial charge in [0, 0.05) is 268 Å². The van der Waals surface area contributed by atoms with Crippen molar-refractivity contribution in [3.05, 3.63) is 413 Å². The maximum Gasteiger partial charge on any atom is 0.160 e. The molecule has 0 bridgehead atoms. The Hall–Kier alpha value is -17.4. The van der Waals surface area contributed by atoms with Crippen LogP contribution in [0, 0.1) is 0 Å². The first-order chi connectivity index (χ1) is 69.4. The van der Waals surface area contributed by atoms with Crippen LogP contribution in [0.25, 0.3) is 320 Å². The Morgan fingerprint density at radius 1 is 0.150 bits per heavy atom. The monoisotopic (exact) mass is 1850 g/mol. The van der Waals surface area contributed by atoms with Crippen LogP contribution in [-0.2, 0) is 0 Å². The van der Waals surface area contributed by atoms with E-state index < -0.39 is 0 Å². The number of nitrogens with zero attached hydrogens (tertiary/aromatic N) is 4. The molecule has 0 aliphatic rings. The predicted octanol–water partition coefficient (Wildman–Crippen LogP) is 38.7. The number of benzene rings is 20. The minimum atomic E-state index is 0.930.